The van der Waals surface area contributed by atoms with Crippen LogP contribution in [0.15, 0.2) is 36.7 Å². The van der Waals surface area contributed by atoms with Crippen LogP contribution >= 0.6 is 23.1 Å². The van der Waals surface area contributed by atoms with Crippen molar-refractivity contribution in [3.63, 3.8) is 0 Å². The van der Waals surface area contributed by atoms with Gasteiger partial charge in [0.05, 0.1) is 12.1 Å². The van der Waals surface area contributed by atoms with Crippen molar-refractivity contribution >= 4 is 38.7 Å². The summed E-state index contributed by atoms with van der Waals surface area (Å²) in [5, 5.41) is 3.64. The van der Waals surface area contributed by atoms with Crippen LogP contribution in [-0.4, -0.2) is 19.8 Å². The molecule has 0 radical (unpaired) electrons. The van der Waals surface area contributed by atoms with Gasteiger partial charge in [-0.25, -0.2) is 9.55 Å². The molecule has 20 heavy (non-hydrogen) atoms. The van der Waals surface area contributed by atoms with E-state index in [0.717, 1.165) is 21.6 Å². The van der Waals surface area contributed by atoms with E-state index in [1.165, 1.54) is 11.5 Å². The molecule has 3 aromatic rings. The van der Waals surface area contributed by atoms with Crippen molar-refractivity contribution in [3.05, 3.63) is 36.7 Å². The van der Waals surface area contributed by atoms with E-state index in [1.807, 2.05) is 41.2 Å². The van der Waals surface area contributed by atoms with Crippen molar-refractivity contribution in [2.75, 3.05) is 0 Å². The molecular formula is C13H10ClN4OS+. The minimum Gasteiger partial charge on any atom is -0.281 e. The zero-order chi connectivity index (χ0) is 13.9. The number of carbonyl (C=O) groups excluding carboxylic acids is 1. The van der Waals surface area contributed by atoms with Crippen molar-refractivity contribution < 1.29 is 9.36 Å². The topological polar surface area (TPSA) is 59.6 Å². The molecule has 0 saturated heterocycles. The van der Waals surface area contributed by atoms with Gasteiger partial charge in [0.15, 0.2) is 23.8 Å². The van der Waals surface area contributed by atoms with Crippen molar-refractivity contribution in [1.82, 2.24) is 14.6 Å². The first-order chi connectivity index (χ1) is 9.72. The second-order valence-electron chi connectivity index (χ2n) is 4.22. The Hall–Kier alpha value is -1.92. The van der Waals surface area contributed by atoms with Crippen LogP contribution in [0, 0.1) is 0 Å². The Morgan fingerprint density at radius 3 is 2.80 bits per heavy atom. The molecule has 0 aliphatic heterocycles. The molecule has 0 aliphatic rings. The molecule has 0 amide bonds. The Kier molecular flexibility index (Phi) is 3.66. The Balaban J connectivity index is 1.84. The van der Waals surface area contributed by atoms with Crippen molar-refractivity contribution in [2.45, 2.75) is 13.0 Å². The molecule has 100 valence electrons. The summed E-state index contributed by atoms with van der Waals surface area (Å²) in [6, 6.07) is 7.75. The average molecular weight is 306 g/mol. The summed E-state index contributed by atoms with van der Waals surface area (Å²) in [4.78, 5) is 16.1. The number of aromatic nitrogens is 4. The van der Waals surface area contributed by atoms with Gasteiger partial charge in [-0.2, -0.15) is 0 Å². The number of fused-ring (bicyclic) bond motifs is 1. The molecule has 0 aromatic carbocycles. The van der Waals surface area contributed by atoms with E-state index in [-0.39, 0.29) is 5.24 Å². The van der Waals surface area contributed by atoms with Crippen LogP contribution in [-0.2, 0) is 11.3 Å². The summed E-state index contributed by atoms with van der Waals surface area (Å²) < 4.78 is 5.78. The normalized spacial score (nSPS) is 10.8. The standard InChI is InChI=1S/C13H10ClN4OS/c14-12(19)5-8-18-6-3-9(4-7-18)10-1-2-11-13(15-10)20-17-16-11/h1-4,6-7H,5,8H2/q+1. The van der Waals surface area contributed by atoms with Crippen molar-refractivity contribution in [2.24, 2.45) is 0 Å². The van der Waals surface area contributed by atoms with Crippen LogP contribution in [0.4, 0.5) is 0 Å². The molecule has 0 unspecified atom stereocenters. The lowest BCUT2D eigenvalue weighted by molar-refractivity contribution is -0.695. The molecule has 0 bridgehead atoms. The number of pyridine rings is 2. The predicted molar refractivity (Wildman–Crippen MR) is 76.3 cm³/mol. The number of rotatable bonds is 4. The number of aryl methyl sites for hydroxylation is 1. The van der Waals surface area contributed by atoms with Crippen LogP contribution in [0.3, 0.4) is 0 Å². The third-order valence-corrected chi connectivity index (χ3v) is 3.70. The summed E-state index contributed by atoms with van der Waals surface area (Å²) in [5.74, 6) is 0. The van der Waals surface area contributed by atoms with E-state index in [2.05, 4.69) is 14.6 Å². The van der Waals surface area contributed by atoms with Crippen molar-refractivity contribution in [1.29, 1.82) is 0 Å². The van der Waals surface area contributed by atoms with Gasteiger partial charge in [-0.05, 0) is 23.7 Å². The fraction of sp³-hybridized carbons (Fsp3) is 0.154. The summed E-state index contributed by atoms with van der Waals surface area (Å²) >= 11 is 6.61. The molecule has 3 heterocycles. The third kappa shape index (κ3) is 2.81. The minimum absolute atomic E-state index is 0.322. The van der Waals surface area contributed by atoms with Gasteiger partial charge in [0.2, 0.25) is 5.24 Å². The Bertz CT molecular complexity index is 756. The molecule has 3 rings (SSSR count). The SMILES string of the molecule is O=C(Cl)CC[n+]1ccc(-c2ccc3nnsc3n2)cc1. The number of carbonyl (C=O) groups is 1. The van der Waals surface area contributed by atoms with Crippen LogP contribution in [0.2, 0.25) is 0 Å². The quantitative estimate of drug-likeness (QED) is 0.547. The second-order valence-corrected chi connectivity index (χ2v) is 5.38. The molecule has 0 aliphatic carbocycles. The molecule has 0 atom stereocenters. The van der Waals surface area contributed by atoms with Crippen LogP contribution < -0.4 is 4.57 Å². The maximum Gasteiger partial charge on any atom is 0.227 e. The Labute approximate surface area is 124 Å². The number of halogens is 1. The number of nitrogens with zero attached hydrogens (tertiary/aromatic N) is 4. The zero-order valence-corrected chi connectivity index (χ0v) is 11.9. The second kappa shape index (κ2) is 5.60. The molecular weight excluding hydrogens is 296 g/mol. The first kappa shape index (κ1) is 13.1. The molecule has 0 N–H and O–H groups in total. The highest BCUT2D eigenvalue weighted by Crippen LogP contribution is 2.20. The monoisotopic (exact) mass is 305 g/mol. The third-order valence-electron chi connectivity index (χ3n) is 2.87. The smallest absolute Gasteiger partial charge is 0.227 e. The lowest BCUT2D eigenvalue weighted by Gasteiger charge is -2.00. The van der Waals surface area contributed by atoms with Crippen LogP contribution in [0.1, 0.15) is 6.42 Å². The molecule has 0 saturated carbocycles. The first-order valence-corrected chi connectivity index (χ1v) is 7.14. The fourth-order valence-electron chi connectivity index (χ4n) is 1.83. The first-order valence-electron chi connectivity index (χ1n) is 5.99. The molecule has 0 spiro atoms. The summed E-state index contributed by atoms with van der Waals surface area (Å²) in [6.07, 6.45) is 4.14. The molecule has 0 fully saturated rings. The molecule has 7 heteroatoms. The van der Waals surface area contributed by atoms with E-state index < -0.39 is 0 Å². The lowest BCUT2D eigenvalue weighted by atomic mass is 10.2. The largest absolute Gasteiger partial charge is 0.281 e. The number of hydrogen-bond acceptors (Lipinski definition) is 5. The zero-order valence-electron chi connectivity index (χ0n) is 10.4. The van der Waals surface area contributed by atoms with Crippen LogP contribution in [0.5, 0.6) is 0 Å². The van der Waals surface area contributed by atoms with E-state index in [4.69, 9.17) is 11.6 Å². The van der Waals surface area contributed by atoms with Gasteiger partial charge >= 0.3 is 0 Å². The van der Waals surface area contributed by atoms with Gasteiger partial charge in [0.25, 0.3) is 0 Å². The van der Waals surface area contributed by atoms with Gasteiger partial charge < -0.3 is 0 Å². The summed E-state index contributed by atoms with van der Waals surface area (Å²) in [5.41, 5.74) is 2.70. The van der Waals surface area contributed by atoms with E-state index >= 15 is 0 Å². The average Bonchev–Trinajstić information content (AvgIpc) is 2.93. The minimum atomic E-state index is -0.327. The van der Waals surface area contributed by atoms with Gasteiger partial charge in [-0.3, -0.25) is 4.79 Å². The van der Waals surface area contributed by atoms with Gasteiger partial charge in [0, 0.05) is 29.2 Å². The molecule has 5 nitrogen and oxygen atoms in total. The number of hydrogen-bond donors (Lipinski definition) is 0. The highest BCUT2D eigenvalue weighted by molar-refractivity contribution is 7.12. The Morgan fingerprint density at radius 2 is 2.05 bits per heavy atom. The highest BCUT2D eigenvalue weighted by atomic mass is 35.5. The van der Waals surface area contributed by atoms with E-state index in [1.54, 1.807) is 0 Å². The van der Waals surface area contributed by atoms with E-state index in [0.29, 0.717) is 13.0 Å². The predicted octanol–water partition coefficient (Wildman–Crippen LogP) is 2.20. The molecule has 3 aromatic heterocycles. The highest BCUT2D eigenvalue weighted by Gasteiger charge is 2.07. The summed E-state index contributed by atoms with van der Waals surface area (Å²) in [7, 11) is 0. The van der Waals surface area contributed by atoms with Crippen LogP contribution in [0.25, 0.3) is 21.6 Å². The Morgan fingerprint density at radius 1 is 1.25 bits per heavy atom. The summed E-state index contributed by atoms with van der Waals surface area (Å²) in [6.45, 7) is 0.577. The maximum absolute atomic E-state index is 10.7. The van der Waals surface area contributed by atoms with E-state index in [9.17, 15) is 4.79 Å². The maximum atomic E-state index is 10.7. The van der Waals surface area contributed by atoms with Crippen molar-refractivity contribution in [3.8, 4) is 11.3 Å². The van der Waals surface area contributed by atoms with Gasteiger partial charge in [-0.15, -0.1) is 5.10 Å². The lowest BCUT2D eigenvalue weighted by Crippen LogP contribution is -2.33. The van der Waals surface area contributed by atoms with Gasteiger partial charge in [0.1, 0.15) is 5.52 Å². The fourth-order valence-corrected chi connectivity index (χ4v) is 2.47. The van der Waals surface area contributed by atoms with Gasteiger partial charge in [-0.1, -0.05) is 4.49 Å².